The van der Waals surface area contributed by atoms with Gasteiger partial charge in [-0.05, 0) is 83.0 Å². The zero-order chi connectivity index (χ0) is 24.8. The molecule has 1 fully saturated rings. The van der Waals surface area contributed by atoms with Crippen LogP contribution >= 0.6 is 0 Å². The van der Waals surface area contributed by atoms with Gasteiger partial charge in [-0.3, -0.25) is 4.90 Å². The molecule has 0 amide bonds. The normalized spacial score (nSPS) is 15.7. The number of benzene rings is 1. The van der Waals surface area contributed by atoms with Gasteiger partial charge in [0.15, 0.2) is 5.65 Å². The number of methoxy groups -OCH3 is 1. The third kappa shape index (κ3) is 6.49. The molecule has 3 heterocycles. The van der Waals surface area contributed by atoms with E-state index in [0.717, 1.165) is 34.9 Å². The maximum absolute atomic E-state index is 5.41. The number of likely N-dealkylation sites (tertiary alicyclic amines) is 1. The topological polar surface area (TPSA) is 70.8 Å². The van der Waals surface area contributed by atoms with E-state index in [1.165, 1.54) is 45.3 Å². The fourth-order valence-corrected chi connectivity index (χ4v) is 4.77. The van der Waals surface area contributed by atoms with Gasteiger partial charge >= 0.3 is 0 Å². The molecule has 1 atom stereocenters. The number of nitrogens with zero attached hydrogens (tertiary/aromatic N) is 6. The van der Waals surface area contributed by atoms with Crippen LogP contribution in [-0.4, -0.2) is 69.7 Å². The number of fused-ring (bicyclic) bond motifs is 1. The van der Waals surface area contributed by atoms with Crippen molar-refractivity contribution in [3.05, 3.63) is 47.4 Å². The van der Waals surface area contributed by atoms with Crippen LogP contribution in [0.2, 0.25) is 0 Å². The number of anilines is 1. The lowest BCUT2D eigenvalue weighted by Crippen LogP contribution is -2.32. The molecule has 1 aliphatic rings. The minimum atomic E-state index is 0.0324. The zero-order valence-electron chi connectivity index (χ0n) is 22.0. The van der Waals surface area contributed by atoms with E-state index < -0.39 is 0 Å². The molecule has 4 rings (SSSR count). The SMILES string of the molecule is COc1cccc([C@H](C)Nc2nc(CN(C)CCCN3CCCCC3)nc3c(C(C)C)cnn23)c1. The molecule has 2 aromatic heterocycles. The van der Waals surface area contributed by atoms with Crippen LogP contribution in [0.25, 0.3) is 5.65 Å². The monoisotopic (exact) mass is 479 g/mol. The summed E-state index contributed by atoms with van der Waals surface area (Å²) in [6.07, 6.45) is 7.16. The smallest absolute Gasteiger partial charge is 0.228 e. The lowest BCUT2D eigenvalue weighted by molar-refractivity contribution is 0.209. The van der Waals surface area contributed by atoms with Crippen LogP contribution in [0.5, 0.6) is 5.75 Å². The lowest BCUT2D eigenvalue weighted by Gasteiger charge is -2.27. The van der Waals surface area contributed by atoms with E-state index in [-0.39, 0.29) is 6.04 Å². The Morgan fingerprint density at radius 3 is 2.66 bits per heavy atom. The van der Waals surface area contributed by atoms with E-state index in [1.54, 1.807) is 7.11 Å². The highest BCUT2D eigenvalue weighted by atomic mass is 16.5. The van der Waals surface area contributed by atoms with Crippen molar-refractivity contribution < 1.29 is 4.74 Å². The Balaban J connectivity index is 1.50. The summed E-state index contributed by atoms with van der Waals surface area (Å²) in [6, 6.07) is 8.15. The average Bonchev–Trinajstić information content (AvgIpc) is 3.29. The van der Waals surface area contributed by atoms with E-state index in [4.69, 9.17) is 14.7 Å². The highest BCUT2D eigenvalue weighted by Crippen LogP contribution is 2.25. The van der Waals surface area contributed by atoms with E-state index in [0.29, 0.717) is 18.4 Å². The highest BCUT2D eigenvalue weighted by Gasteiger charge is 2.18. The molecule has 1 aliphatic heterocycles. The van der Waals surface area contributed by atoms with Crippen molar-refractivity contribution >= 4 is 11.6 Å². The molecule has 190 valence electrons. The molecule has 1 aromatic carbocycles. The summed E-state index contributed by atoms with van der Waals surface area (Å²) in [7, 11) is 3.85. The third-order valence-electron chi connectivity index (χ3n) is 6.88. The molecule has 35 heavy (non-hydrogen) atoms. The van der Waals surface area contributed by atoms with Crippen molar-refractivity contribution in [1.29, 1.82) is 0 Å². The first kappa shape index (κ1) is 25.4. The first-order valence-corrected chi connectivity index (χ1v) is 13.0. The van der Waals surface area contributed by atoms with Gasteiger partial charge in [-0.25, -0.2) is 4.98 Å². The second-order valence-corrected chi connectivity index (χ2v) is 10.1. The molecule has 0 bridgehead atoms. The molecule has 3 aromatic rings. The first-order valence-electron chi connectivity index (χ1n) is 13.0. The summed E-state index contributed by atoms with van der Waals surface area (Å²) < 4.78 is 7.25. The van der Waals surface area contributed by atoms with Crippen molar-refractivity contribution in [2.75, 3.05) is 45.7 Å². The highest BCUT2D eigenvalue weighted by molar-refractivity contribution is 5.52. The number of ether oxygens (including phenoxy) is 1. The van der Waals surface area contributed by atoms with Crippen molar-refractivity contribution in [3.8, 4) is 5.75 Å². The summed E-state index contributed by atoms with van der Waals surface area (Å²) in [5.74, 6) is 2.72. The van der Waals surface area contributed by atoms with Gasteiger partial charge in [0.2, 0.25) is 5.95 Å². The van der Waals surface area contributed by atoms with E-state index in [1.807, 2.05) is 22.8 Å². The molecule has 1 N–H and O–H groups in total. The summed E-state index contributed by atoms with van der Waals surface area (Å²) >= 11 is 0. The summed E-state index contributed by atoms with van der Waals surface area (Å²) in [5, 5.41) is 8.20. The van der Waals surface area contributed by atoms with Gasteiger partial charge in [0.1, 0.15) is 11.6 Å². The Morgan fingerprint density at radius 1 is 1.11 bits per heavy atom. The van der Waals surface area contributed by atoms with Gasteiger partial charge in [0.25, 0.3) is 0 Å². The Bertz CT molecular complexity index is 1090. The second kappa shape index (κ2) is 11.8. The third-order valence-corrected chi connectivity index (χ3v) is 6.88. The van der Waals surface area contributed by atoms with Crippen molar-refractivity contribution in [2.45, 2.75) is 65.0 Å². The van der Waals surface area contributed by atoms with Crippen LogP contribution in [0, 0.1) is 0 Å². The zero-order valence-corrected chi connectivity index (χ0v) is 22.0. The number of nitrogens with one attached hydrogen (secondary N) is 1. The molecule has 0 saturated carbocycles. The van der Waals surface area contributed by atoms with E-state index >= 15 is 0 Å². The number of hydrogen-bond acceptors (Lipinski definition) is 7. The van der Waals surface area contributed by atoms with Crippen LogP contribution in [0.3, 0.4) is 0 Å². The molecular weight excluding hydrogens is 438 g/mol. The molecule has 0 aliphatic carbocycles. The largest absolute Gasteiger partial charge is 0.497 e. The molecule has 0 radical (unpaired) electrons. The van der Waals surface area contributed by atoms with Crippen LogP contribution < -0.4 is 10.1 Å². The second-order valence-electron chi connectivity index (χ2n) is 10.1. The molecule has 0 unspecified atom stereocenters. The fraction of sp³-hybridized carbons (Fsp3) is 0.593. The minimum absolute atomic E-state index is 0.0324. The standard InChI is InChI=1S/C27H41N7O/c1-20(2)24-18-28-34-26(24)30-25(19-32(4)13-10-16-33-14-7-6-8-15-33)31-27(34)29-21(3)22-11-9-12-23(17-22)35-5/h9,11-12,17-18,20-21H,6-8,10,13-16,19H2,1-5H3,(H,29,30,31)/t21-/m0/s1. The van der Waals surface area contributed by atoms with Crippen LogP contribution in [-0.2, 0) is 6.54 Å². The summed E-state index contributed by atoms with van der Waals surface area (Å²) in [6.45, 7) is 11.9. The quantitative estimate of drug-likeness (QED) is 0.426. The fourth-order valence-electron chi connectivity index (χ4n) is 4.77. The summed E-state index contributed by atoms with van der Waals surface area (Å²) in [4.78, 5) is 14.8. The molecule has 1 saturated heterocycles. The average molecular weight is 480 g/mol. The maximum atomic E-state index is 5.41. The van der Waals surface area contributed by atoms with E-state index in [2.05, 4.69) is 60.2 Å². The Morgan fingerprint density at radius 2 is 1.91 bits per heavy atom. The van der Waals surface area contributed by atoms with Crippen LogP contribution in [0.15, 0.2) is 30.5 Å². The maximum Gasteiger partial charge on any atom is 0.228 e. The van der Waals surface area contributed by atoms with Crippen LogP contribution in [0.1, 0.15) is 75.4 Å². The minimum Gasteiger partial charge on any atom is -0.497 e. The van der Waals surface area contributed by atoms with Crippen molar-refractivity contribution in [2.24, 2.45) is 0 Å². The predicted molar refractivity (Wildman–Crippen MR) is 141 cm³/mol. The molecular formula is C27H41N7O. The van der Waals surface area contributed by atoms with E-state index in [9.17, 15) is 0 Å². The summed E-state index contributed by atoms with van der Waals surface area (Å²) in [5.41, 5.74) is 3.15. The number of rotatable bonds is 11. The van der Waals surface area contributed by atoms with Gasteiger partial charge in [-0.1, -0.05) is 32.4 Å². The number of aromatic nitrogens is 4. The van der Waals surface area contributed by atoms with Gasteiger partial charge in [0, 0.05) is 5.56 Å². The first-order chi connectivity index (χ1) is 16.9. The van der Waals surface area contributed by atoms with Gasteiger partial charge < -0.3 is 15.0 Å². The van der Waals surface area contributed by atoms with Gasteiger partial charge in [-0.15, -0.1) is 0 Å². The number of piperidine rings is 1. The number of hydrogen-bond donors (Lipinski definition) is 1. The van der Waals surface area contributed by atoms with Crippen molar-refractivity contribution in [1.82, 2.24) is 29.4 Å². The predicted octanol–water partition coefficient (Wildman–Crippen LogP) is 4.74. The van der Waals surface area contributed by atoms with Crippen LogP contribution in [0.4, 0.5) is 5.95 Å². The lowest BCUT2D eigenvalue weighted by atomic mass is 10.1. The Hall–Kier alpha value is -2.71. The van der Waals surface area contributed by atoms with Crippen molar-refractivity contribution in [3.63, 3.8) is 0 Å². The molecule has 8 heteroatoms. The van der Waals surface area contributed by atoms with Gasteiger partial charge in [0.05, 0.1) is 25.9 Å². The molecule has 8 nitrogen and oxygen atoms in total. The Labute approximate surface area is 209 Å². The molecule has 0 spiro atoms. The Kier molecular flexibility index (Phi) is 8.57. The van der Waals surface area contributed by atoms with Gasteiger partial charge in [-0.2, -0.15) is 14.6 Å².